The van der Waals surface area contributed by atoms with Gasteiger partial charge in [0.2, 0.25) is 0 Å². The minimum absolute atomic E-state index is 0.117. The van der Waals surface area contributed by atoms with E-state index in [2.05, 4.69) is 31.3 Å². The van der Waals surface area contributed by atoms with Crippen LogP contribution in [0.1, 0.15) is 51.7 Å². The monoisotopic (exact) mass is 343 g/mol. The first-order valence-corrected chi connectivity index (χ1v) is 8.85. The summed E-state index contributed by atoms with van der Waals surface area (Å²) in [6, 6.07) is 8.31. The predicted molar refractivity (Wildman–Crippen MR) is 100 cm³/mol. The van der Waals surface area contributed by atoms with Crippen molar-refractivity contribution in [1.29, 1.82) is 0 Å². The number of dihydropyridines is 1. The van der Waals surface area contributed by atoms with Gasteiger partial charge in [-0.15, -0.1) is 0 Å². The molecule has 0 spiro atoms. The molecule has 25 heavy (non-hydrogen) atoms. The summed E-state index contributed by atoms with van der Waals surface area (Å²) in [7, 11) is 1.63. The zero-order chi connectivity index (χ0) is 18.6. The molecule has 2 rings (SSSR count). The van der Waals surface area contributed by atoms with E-state index in [0.29, 0.717) is 12.2 Å². The second-order valence-corrected chi connectivity index (χ2v) is 6.70. The summed E-state index contributed by atoms with van der Waals surface area (Å²) in [5.74, 6) is -0.397. The van der Waals surface area contributed by atoms with Crippen molar-refractivity contribution in [3.63, 3.8) is 0 Å². The first-order chi connectivity index (χ1) is 11.9. The van der Waals surface area contributed by atoms with Crippen LogP contribution in [0.15, 0.2) is 46.8 Å². The highest BCUT2D eigenvalue weighted by molar-refractivity contribution is 5.93. The number of esters is 1. The molecule has 1 N–H and O–H groups in total. The molecule has 1 aliphatic heterocycles. The van der Waals surface area contributed by atoms with E-state index in [1.165, 1.54) is 5.56 Å². The topological polar surface area (TPSA) is 47.6 Å². The number of nitrogens with one attached hydrogen (secondary N) is 1. The average molecular weight is 343 g/mol. The summed E-state index contributed by atoms with van der Waals surface area (Å²) in [6.45, 7) is 10.3. The molecule has 4 heteroatoms. The van der Waals surface area contributed by atoms with E-state index in [9.17, 15) is 4.79 Å². The van der Waals surface area contributed by atoms with Crippen LogP contribution in [0.3, 0.4) is 0 Å². The lowest BCUT2D eigenvalue weighted by Gasteiger charge is -2.32. The van der Waals surface area contributed by atoms with E-state index >= 15 is 0 Å². The highest BCUT2D eigenvalue weighted by Gasteiger charge is 2.34. The van der Waals surface area contributed by atoms with Crippen molar-refractivity contribution in [3.8, 4) is 0 Å². The van der Waals surface area contributed by atoms with Crippen LogP contribution in [0.5, 0.6) is 0 Å². The minimum Gasteiger partial charge on any atom is -0.460 e. The van der Waals surface area contributed by atoms with Crippen LogP contribution in [0.2, 0.25) is 0 Å². The van der Waals surface area contributed by atoms with Gasteiger partial charge in [0, 0.05) is 18.7 Å². The fourth-order valence-electron chi connectivity index (χ4n) is 3.30. The summed E-state index contributed by atoms with van der Waals surface area (Å²) in [4.78, 5) is 12.9. The van der Waals surface area contributed by atoms with Crippen molar-refractivity contribution in [3.05, 3.63) is 57.9 Å². The zero-order valence-electron chi connectivity index (χ0n) is 16.1. The summed E-state index contributed by atoms with van der Waals surface area (Å²) < 4.78 is 10.9. The second-order valence-electron chi connectivity index (χ2n) is 6.70. The number of aryl methyl sites for hydroxylation is 1. The Balaban J connectivity index is 2.64. The second kappa shape index (κ2) is 8.34. The largest absolute Gasteiger partial charge is 0.460 e. The number of ether oxygens (including phenoxy) is 2. The van der Waals surface area contributed by atoms with E-state index in [4.69, 9.17) is 9.47 Å². The molecule has 136 valence electrons. The first-order valence-electron chi connectivity index (χ1n) is 8.85. The van der Waals surface area contributed by atoms with Crippen molar-refractivity contribution in [1.82, 2.24) is 5.32 Å². The van der Waals surface area contributed by atoms with Crippen LogP contribution in [-0.2, 0) is 20.7 Å². The van der Waals surface area contributed by atoms with Gasteiger partial charge in [0.05, 0.1) is 24.0 Å². The standard InChI is InChI=1S/C21H29NO3/c1-7-16-10-8-9-11-17(16)19-14(4)15(5)22-18(12-24-6)20(19)21(23)25-13(2)3/h8-11,13,19,22H,7,12H2,1-6H3. The Morgan fingerprint density at radius 2 is 1.92 bits per heavy atom. The Labute approximate surface area is 150 Å². The number of hydrogen-bond donors (Lipinski definition) is 1. The molecule has 1 aromatic carbocycles. The highest BCUT2D eigenvalue weighted by Crippen LogP contribution is 2.40. The molecular weight excluding hydrogens is 314 g/mol. The molecule has 1 unspecified atom stereocenters. The molecule has 0 saturated carbocycles. The van der Waals surface area contributed by atoms with Gasteiger partial charge in [-0.2, -0.15) is 0 Å². The van der Waals surface area contributed by atoms with Crippen LogP contribution < -0.4 is 5.32 Å². The smallest absolute Gasteiger partial charge is 0.337 e. The summed E-state index contributed by atoms with van der Waals surface area (Å²) in [6.07, 6.45) is 0.747. The normalized spacial score (nSPS) is 17.8. The number of allylic oxidation sites excluding steroid dienone is 2. The lowest BCUT2D eigenvalue weighted by molar-refractivity contribution is -0.143. The number of benzene rings is 1. The molecule has 0 aromatic heterocycles. The number of carbonyl (C=O) groups excluding carboxylic acids is 1. The molecule has 1 aliphatic rings. The molecule has 0 bridgehead atoms. The molecule has 0 fully saturated rings. The van der Waals surface area contributed by atoms with Crippen molar-refractivity contribution in [2.24, 2.45) is 0 Å². The summed E-state index contributed by atoms with van der Waals surface area (Å²) >= 11 is 0. The van der Waals surface area contributed by atoms with Gasteiger partial charge >= 0.3 is 5.97 Å². The Bertz CT molecular complexity index is 701. The molecule has 0 amide bonds. The number of hydrogen-bond acceptors (Lipinski definition) is 4. The third-order valence-corrected chi connectivity index (χ3v) is 4.58. The Hall–Kier alpha value is -2.07. The molecular formula is C21H29NO3. The Morgan fingerprint density at radius 1 is 1.24 bits per heavy atom. The number of methoxy groups -OCH3 is 1. The van der Waals surface area contributed by atoms with Gasteiger partial charge in [-0.25, -0.2) is 4.79 Å². The van der Waals surface area contributed by atoms with Gasteiger partial charge in [0.15, 0.2) is 0 Å². The fourth-order valence-corrected chi connectivity index (χ4v) is 3.30. The predicted octanol–water partition coefficient (Wildman–Crippen LogP) is 4.08. The quantitative estimate of drug-likeness (QED) is 0.791. The van der Waals surface area contributed by atoms with Gasteiger partial charge in [0.25, 0.3) is 0 Å². The molecule has 0 radical (unpaired) electrons. The highest BCUT2D eigenvalue weighted by atomic mass is 16.5. The summed E-state index contributed by atoms with van der Waals surface area (Å²) in [5.41, 5.74) is 6.04. The average Bonchev–Trinajstić information content (AvgIpc) is 2.57. The van der Waals surface area contributed by atoms with E-state index in [1.807, 2.05) is 32.9 Å². The molecule has 1 heterocycles. The lowest BCUT2D eigenvalue weighted by Crippen LogP contribution is -2.32. The van der Waals surface area contributed by atoms with Crippen LogP contribution in [0.25, 0.3) is 0 Å². The van der Waals surface area contributed by atoms with Crippen molar-refractivity contribution < 1.29 is 14.3 Å². The molecule has 0 aliphatic carbocycles. The van der Waals surface area contributed by atoms with E-state index in [-0.39, 0.29) is 18.0 Å². The van der Waals surface area contributed by atoms with Gasteiger partial charge < -0.3 is 14.8 Å². The molecule has 1 aromatic rings. The Morgan fingerprint density at radius 3 is 2.52 bits per heavy atom. The van der Waals surface area contributed by atoms with Gasteiger partial charge in [-0.1, -0.05) is 31.2 Å². The SMILES string of the molecule is CCc1ccccc1C1C(C)=C(C)NC(COC)=C1C(=O)OC(C)C. The van der Waals surface area contributed by atoms with Gasteiger partial charge in [-0.3, -0.25) is 0 Å². The van der Waals surface area contributed by atoms with Crippen LogP contribution >= 0.6 is 0 Å². The van der Waals surface area contributed by atoms with E-state index in [0.717, 1.165) is 29.0 Å². The Kier molecular flexibility index (Phi) is 6.43. The van der Waals surface area contributed by atoms with Gasteiger partial charge in [-0.05, 0) is 50.8 Å². The third-order valence-electron chi connectivity index (χ3n) is 4.58. The third kappa shape index (κ3) is 4.13. The van der Waals surface area contributed by atoms with E-state index < -0.39 is 0 Å². The van der Waals surface area contributed by atoms with Crippen LogP contribution in [0.4, 0.5) is 0 Å². The fraction of sp³-hybridized carbons (Fsp3) is 0.476. The zero-order valence-corrected chi connectivity index (χ0v) is 16.1. The van der Waals surface area contributed by atoms with E-state index in [1.54, 1.807) is 7.11 Å². The minimum atomic E-state index is -0.280. The maximum atomic E-state index is 12.9. The van der Waals surface area contributed by atoms with Crippen LogP contribution in [0, 0.1) is 0 Å². The van der Waals surface area contributed by atoms with Crippen molar-refractivity contribution >= 4 is 5.97 Å². The maximum absolute atomic E-state index is 12.9. The van der Waals surface area contributed by atoms with Crippen molar-refractivity contribution in [2.45, 2.75) is 53.1 Å². The molecule has 1 atom stereocenters. The first kappa shape index (κ1) is 19.3. The van der Waals surface area contributed by atoms with Gasteiger partial charge in [0.1, 0.15) is 0 Å². The molecule has 0 saturated heterocycles. The van der Waals surface area contributed by atoms with Crippen molar-refractivity contribution in [2.75, 3.05) is 13.7 Å². The molecule has 4 nitrogen and oxygen atoms in total. The van der Waals surface area contributed by atoms with Crippen LogP contribution in [-0.4, -0.2) is 25.8 Å². The lowest BCUT2D eigenvalue weighted by atomic mass is 9.79. The maximum Gasteiger partial charge on any atom is 0.337 e. The number of carbonyl (C=O) groups is 1. The number of rotatable bonds is 6. The summed E-state index contributed by atoms with van der Waals surface area (Å²) in [5, 5.41) is 3.34.